The molecule has 3 aliphatic rings. The van der Waals surface area contributed by atoms with Gasteiger partial charge in [-0.05, 0) is 53.9 Å². The van der Waals surface area contributed by atoms with Crippen molar-refractivity contribution in [2.24, 2.45) is 17.3 Å². The Morgan fingerprint density at radius 3 is 2.62 bits per heavy atom. The van der Waals surface area contributed by atoms with Crippen molar-refractivity contribution in [2.75, 3.05) is 0 Å². The van der Waals surface area contributed by atoms with E-state index in [-0.39, 0.29) is 0 Å². The zero-order valence-corrected chi connectivity index (χ0v) is 14.9. The van der Waals surface area contributed by atoms with Crippen LogP contribution in [0.4, 0.5) is 0 Å². The van der Waals surface area contributed by atoms with Gasteiger partial charge in [0.15, 0.2) is 0 Å². The van der Waals surface area contributed by atoms with E-state index in [0.717, 1.165) is 11.7 Å². The Balaban J connectivity index is 1.94. The standard InChI is InChI=1S/C19H26OSi/c1-19(2)14-12-16(18-9-6-10-20-18)15(17(19)13-14)8-7-11-21(3,4)5/h6,8-10,14,16-17H,12-13H2,1-5H3/b15-8-/t14-,16-,17-/m0/s1. The van der Waals surface area contributed by atoms with Gasteiger partial charge in [0.1, 0.15) is 13.8 Å². The van der Waals surface area contributed by atoms with Crippen molar-refractivity contribution in [1.29, 1.82) is 0 Å². The average Bonchev–Trinajstić information content (AvgIpc) is 2.90. The summed E-state index contributed by atoms with van der Waals surface area (Å²) >= 11 is 0. The van der Waals surface area contributed by atoms with E-state index in [9.17, 15) is 0 Å². The number of allylic oxidation sites excluding steroid dienone is 2. The molecule has 0 unspecified atom stereocenters. The zero-order chi connectivity index (χ0) is 15.3. The lowest BCUT2D eigenvalue weighted by Crippen LogP contribution is -2.51. The van der Waals surface area contributed by atoms with Crippen molar-refractivity contribution in [3.63, 3.8) is 0 Å². The van der Waals surface area contributed by atoms with Crippen LogP contribution in [0.15, 0.2) is 34.5 Å². The summed E-state index contributed by atoms with van der Waals surface area (Å²) in [5.74, 6) is 6.48. The van der Waals surface area contributed by atoms with Gasteiger partial charge in [-0.3, -0.25) is 0 Å². The summed E-state index contributed by atoms with van der Waals surface area (Å²) in [6.07, 6.45) is 6.58. The molecule has 0 aromatic carbocycles. The SMILES string of the molecule is CC1(C)[C@H]2C[C@H](c3ccco3)/C(=C/C#C[Si](C)(C)C)[C@@H]1C2. The van der Waals surface area contributed by atoms with Crippen molar-refractivity contribution in [3.05, 3.63) is 35.8 Å². The fourth-order valence-electron chi connectivity index (χ4n) is 3.95. The van der Waals surface area contributed by atoms with Crippen molar-refractivity contribution in [2.45, 2.75) is 52.2 Å². The molecule has 0 spiro atoms. The molecule has 112 valence electrons. The van der Waals surface area contributed by atoms with Gasteiger partial charge in [0.05, 0.1) is 6.26 Å². The number of rotatable bonds is 1. The van der Waals surface area contributed by atoms with Crippen LogP contribution in [0.1, 0.15) is 38.4 Å². The third-order valence-corrected chi connectivity index (χ3v) is 6.26. The topological polar surface area (TPSA) is 13.1 Å². The maximum Gasteiger partial charge on any atom is 0.129 e. The Kier molecular flexibility index (Phi) is 3.45. The average molecular weight is 299 g/mol. The highest BCUT2D eigenvalue weighted by Gasteiger charge is 2.55. The molecule has 1 heterocycles. The molecule has 0 aliphatic heterocycles. The van der Waals surface area contributed by atoms with Gasteiger partial charge >= 0.3 is 0 Å². The lowest BCUT2D eigenvalue weighted by atomic mass is 9.45. The third-order valence-electron chi connectivity index (χ3n) is 5.37. The van der Waals surface area contributed by atoms with Crippen LogP contribution in [0.3, 0.4) is 0 Å². The Hall–Kier alpha value is -1.20. The summed E-state index contributed by atoms with van der Waals surface area (Å²) in [5, 5.41) is 0. The fraction of sp³-hybridized carbons (Fsp3) is 0.579. The molecule has 2 bridgehead atoms. The first-order valence-corrected chi connectivity index (χ1v) is 11.5. The van der Waals surface area contributed by atoms with E-state index in [1.807, 2.05) is 6.07 Å². The molecule has 2 heteroatoms. The molecule has 3 aliphatic carbocycles. The first kappa shape index (κ1) is 14.7. The molecule has 21 heavy (non-hydrogen) atoms. The molecule has 1 aromatic heterocycles. The quantitative estimate of drug-likeness (QED) is 0.510. The Bertz CT molecular complexity index is 604. The van der Waals surface area contributed by atoms with Crippen LogP contribution in [-0.4, -0.2) is 8.07 Å². The van der Waals surface area contributed by atoms with Crippen LogP contribution in [0, 0.1) is 28.7 Å². The number of furan rings is 1. The molecule has 3 saturated carbocycles. The molecule has 4 rings (SSSR count). The van der Waals surface area contributed by atoms with Crippen molar-refractivity contribution in [1.82, 2.24) is 0 Å². The monoisotopic (exact) mass is 298 g/mol. The maximum atomic E-state index is 5.71. The Morgan fingerprint density at radius 1 is 1.29 bits per heavy atom. The summed E-state index contributed by atoms with van der Waals surface area (Å²) < 4.78 is 5.71. The van der Waals surface area contributed by atoms with E-state index in [1.54, 1.807) is 6.26 Å². The third kappa shape index (κ3) is 2.64. The number of fused-ring (bicyclic) bond motifs is 2. The van der Waals surface area contributed by atoms with E-state index in [4.69, 9.17) is 4.42 Å². The normalized spacial score (nSPS) is 32.2. The van der Waals surface area contributed by atoms with Gasteiger partial charge < -0.3 is 4.42 Å². The Labute approximate surface area is 129 Å². The molecule has 1 aromatic rings. The zero-order valence-electron chi connectivity index (χ0n) is 13.9. The summed E-state index contributed by atoms with van der Waals surface area (Å²) in [6.45, 7) is 11.7. The second kappa shape index (κ2) is 4.92. The highest BCUT2D eigenvalue weighted by Crippen LogP contribution is 2.64. The molecule has 3 fully saturated rings. The second-order valence-electron chi connectivity index (χ2n) is 8.27. The molecule has 1 nitrogen and oxygen atoms in total. The van der Waals surface area contributed by atoms with Gasteiger partial charge in [-0.25, -0.2) is 0 Å². The number of hydrogen-bond donors (Lipinski definition) is 0. The highest BCUT2D eigenvalue weighted by atomic mass is 28.3. The minimum atomic E-state index is -1.30. The van der Waals surface area contributed by atoms with E-state index in [0.29, 0.717) is 17.3 Å². The largest absolute Gasteiger partial charge is 0.469 e. The van der Waals surface area contributed by atoms with E-state index >= 15 is 0 Å². The molecule has 0 radical (unpaired) electrons. The van der Waals surface area contributed by atoms with Gasteiger partial charge in [-0.2, -0.15) is 0 Å². The molecule has 0 amide bonds. The molecular weight excluding hydrogens is 272 g/mol. The first-order valence-electron chi connectivity index (χ1n) is 8.05. The predicted molar refractivity (Wildman–Crippen MR) is 90.6 cm³/mol. The lowest BCUT2D eigenvalue weighted by molar-refractivity contribution is -0.0374. The smallest absolute Gasteiger partial charge is 0.129 e. The molecule has 0 saturated heterocycles. The highest BCUT2D eigenvalue weighted by molar-refractivity contribution is 6.83. The van der Waals surface area contributed by atoms with Crippen LogP contribution in [0.5, 0.6) is 0 Å². The minimum Gasteiger partial charge on any atom is -0.469 e. The fourth-order valence-corrected chi connectivity index (χ4v) is 4.46. The van der Waals surface area contributed by atoms with Crippen LogP contribution in [0.2, 0.25) is 19.6 Å². The van der Waals surface area contributed by atoms with Gasteiger partial charge in [0.2, 0.25) is 0 Å². The van der Waals surface area contributed by atoms with E-state index in [1.165, 1.54) is 18.4 Å². The van der Waals surface area contributed by atoms with Crippen LogP contribution < -0.4 is 0 Å². The Morgan fingerprint density at radius 2 is 2.05 bits per heavy atom. The first-order chi connectivity index (χ1) is 9.79. The summed E-state index contributed by atoms with van der Waals surface area (Å²) in [7, 11) is -1.30. The molecular formula is C19H26OSi. The number of hydrogen-bond acceptors (Lipinski definition) is 1. The summed E-state index contributed by atoms with van der Waals surface area (Å²) in [4.78, 5) is 0. The van der Waals surface area contributed by atoms with Gasteiger partial charge in [-0.1, -0.05) is 39.4 Å². The van der Waals surface area contributed by atoms with Gasteiger partial charge in [0.25, 0.3) is 0 Å². The van der Waals surface area contributed by atoms with Gasteiger partial charge in [-0.15, -0.1) is 5.54 Å². The lowest BCUT2D eigenvalue weighted by Gasteiger charge is -2.59. The molecule has 0 N–H and O–H groups in total. The van der Waals surface area contributed by atoms with Crippen molar-refractivity contribution in [3.8, 4) is 11.5 Å². The second-order valence-corrected chi connectivity index (χ2v) is 13.0. The molecule has 3 atom stereocenters. The van der Waals surface area contributed by atoms with Crippen molar-refractivity contribution < 1.29 is 4.42 Å². The van der Waals surface area contributed by atoms with Crippen LogP contribution >= 0.6 is 0 Å². The predicted octanol–water partition coefficient (Wildman–Crippen LogP) is 5.24. The van der Waals surface area contributed by atoms with Crippen LogP contribution in [-0.2, 0) is 0 Å². The summed E-state index contributed by atoms with van der Waals surface area (Å²) in [6, 6.07) is 4.13. The maximum absolute atomic E-state index is 5.71. The van der Waals surface area contributed by atoms with Gasteiger partial charge in [0, 0.05) is 5.92 Å². The van der Waals surface area contributed by atoms with Crippen molar-refractivity contribution >= 4 is 8.07 Å². The van der Waals surface area contributed by atoms with Crippen LogP contribution in [0.25, 0.3) is 0 Å². The summed E-state index contributed by atoms with van der Waals surface area (Å²) in [5.41, 5.74) is 5.44. The van der Waals surface area contributed by atoms with E-state index in [2.05, 4.69) is 57.1 Å². The van der Waals surface area contributed by atoms with E-state index < -0.39 is 8.07 Å². The minimum absolute atomic E-state index is 0.440.